The monoisotopic (exact) mass is 479 g/mol. The summed E-state index contributed by atoms with van der Waals surface area (Å²) in [5.74, 6) is -0.739. The van der Waals surface area contributed by atoms with Crippen LogP contribution in [0, 0.1) is 12.8 Å². The van der Waals surface area contributed by atoms with E-state index in [1.54, 1.807) is 12.1 Å². The maximum atomic E-state index is 13.3. The van der Waals surface area contributed by atoms with Crippen molar-refractivity contribution >= 4 is 21.8 Å². The van der Waals surface area contributed by atoms with Crippen molar-refractivity contribution < 1.29 is 22.7 Å². The summed E-state index contributed by atoms with van der Waals surface area (Å²) >= 11 is 0. The van der Waals surface area contributed by atoms with Crippen molar-refractivity contribution in [1.29, 1.82) is 0 Å². The van der Waals surface area contributed by atoms with Gasteiger partial charge in [0.1, 0.15) is 6.04 Å². The first-order valence-corrected chi connectivity index (χ1v) is 13.4. The molecule has 184 valence electrons. The molecule has 2 N–H and O–H groups in total. The molecule has 33 heavy (non-hydrogen) atoms. The fourth-order valence-corrected chi connectivity index (χ4v) is 5.57. The maximum Gasteiger partial charge on any atom is 0.243 e. The van der Waals surface area contributed by atoms with E-state index in [-0.39, 0.29) is 35.4 Å². The van der Waals surface area contributed by atoms with E-state index in [9.17, 15) is 18.0 Å². The third-order valence-corrected chi connectivity index (χ3v) is 7.84. The third-order valence-electron chi connectivity index (χ3n) is 6.43. The number of hydrogen-bond acceptors (Lipinski definition) is 5. The minimum atomic E-state index is -3.85. The van der Waals surface area contributed by atoms with Crippen LogP contribution in [0.4, 0.5) is 0 Å². The van der Waals surface area contributed by atoms with Crippen molar-refractivity contribution in [3.8, 4) is 0 Å². The second kappa shape index (κ2) is 11.4. The lowest BCUT2D eigenvalue weighted by Gasteiger charge is -2.35. The first kappa shape index (κ1) is 25.6. The zero-order chi connectivity index (χ0) is 24.0. The molecule has 1 saturated heterocycles. The quantitative estimate of drug-likeness (QED) is 0.536. The summed E-state index contributed by atoms with van der Waals surface area (Å²) in [6.45, 7) is 6.18. The molecule has 2 atom stereocenters. The summed E-state index contributed by atoms with van der Waals surface area (Å²) in [6, 6.07) is 5.89. The van der Waals surface area contributed by atoms with E-state index in [0.29, 0.717) is 6.61 Å². The Kier molecular flexibility index (Phi) is 8.89. The van der Waals surface area contributed by atoms with Crippen LogP contribution in [0.5, 0.6) is 0 Å². The van der Waals surface area contributed by atoms with Gasteiger partial charge in [-0.2, -0.15) is 0 Å². The van der Waals surface area contributed by atoms with Crippen LogP contribution in [0.15, 0.2) is 29.2 Å². The number of ether oxygens (including phenoxy) is 1. The first-order valence-electron chi connectivity index (χ1n) is 11.9. The number of aryl methyl sites for hydroxylation is 1. The van der Waals surface area contributed by atoms with Gasteiger partial charge in [-0.15, -0.1) is 0 Å². The van der Waals surface area contributed by atoms with Gasteiger partial charge < -0.3 is 15.0 Å². The third kappa shape index (κ3) is 7.01. The normalized spacial score (nSPS) is 20.2. The van der Waals surface area contributed by atoms with E-state index in [1.807, 2.05) is 20.8 Å². The van der Waals surface area contributed by atoms with Crippen molar-refractivity contribution in [2.45, 2.75) is 82.4 Å². The number of hydrogen-bond donors (Lipinski definition) is 2. The predicted molar refractivity (Wildman–Crippen MR) is 126 cm³/mol. The summed E-state index contributed by atoms with van der Waals surface area (Å²) in [5.41, 5.74) is 0.945. The Morgan fingerprint density at radius 3 is 2.33 bits per heavy atom. The second-order valence-electron chi connectivity index (χ2n) is 9.50. The highest BCUT2D eigenvalue weighted by atomic mass is 32.2. The van der Waals surface area contributed by atoms with Gasteiger partial charge in [0.2, 0.25) is 21.8 Å². The van der Waals surface area contributed by atoms with Crippen LogP contribution in [0.1, 0.15) is 57.9 Å². The molecule has 2 fully saturated rings. The molecule has 8 nitrogen and oxygen atoms in total. The Morgan fingerprint density at radius 1 is 1.09 bits per heavy atom. The highest BCUT2D eigenvalue weighted by Crippen LogP contribution is 2.21. The lowest BCUT2D eigenvalue weighted by atomic mass is 9.99. The summed E-state index contributed by atoms with van der Waals surface area (Å²) < 4.78 is 33.5. The number of nitrogens with one attached hydrogen (secondary N) is 2. The number of sulfonamides is 1. The smallest absolute Gasteiger partial charge is 0.243 e. The Balaban J connectivity index is 1.74. The van der Waals surface area contributed by atoms with E-state index >= 15 is 0 Å². The topological polar surface area (TPSA) is 105 Å². The van der Waals surface area contributed by atoms with Gasteiger partial charge >= 0.3 is 0 Å². The van der Waals surface area contributed by atoms with E-state index in [0.717, 1.165) is 44.1 Å². The van der Waals surface area contributed by atoms with Crippen LogP contribution >= 0.6 is 0 Å². The van der Waals surface area contributed by atoms with Gasteiger partial charge in [-0.25, -0.2) is 13.1 Å². The largest absolute Gasteiger partial charge is 0.376 e. The molecule has 1 saturated carbocycles. The van der Waals surface area contributed by atoms with Crippen molar-refractivity contribution in [1.82, 2.24) is 14.9 Å². The Bertz CT molecular complexity index is 905. The zero-order valence-electron chi connectivity index (χ0n) is 19.9. The number of benzene rings is 1. The average molecular weight is 480 g/mol. The molecular weight excluding hydrogens is 442 g/mol. The number of amides is 2. The van der Waals surface area contributed by atoms with Crippen molar-refractivity contribution in [3.05, 3.63) is 29.8 Å². The fraction of sp³-hybridized carbons (Fsp3) is 0.667. The minimum Gasteiger partial charge on any atom is -0.376 e. The molecular formula is C24H37N3O5S. The van der Waals surface area contributed by atoms with Crippen molar-refractivity contribution in [2.24, 2.45) is 5.92 Å². The summed E-state index contributed by atoms with van der Waals surface area (Å²) in [7, 11) is -3.85. The summed E-state index contributed by atoms with van der Waals surface area (Å²) in [5, 5.41) is 3.11. The molecule has 2 aliphatic rings. The fourth-order valence-electron chi connectivity index (χ4n) is 4.60. The molecule has 0 radical (unpaired) electrons. The standard InChI is InChI=1S/C24H37N3O5S/c1-17(2)23(24(29)26-19-7-4-5-8-19)27(16-20-9-6-14-32-20)22(28)15-25-33(30,31)21-12-10-18(3)11-13-21/h10-13,17,19-20,23,25H,4-9,14-16H2,1-3H3,(H,26,29)/t20-,23-/m1/s1. The molecule has 3 rings (SSSR count). The van der Waals surface area contributed by atoms with Crippen LogP contribution in [-0.2, 0) is 24.3 Å². The van der Waals surface area contributed by atoms with Gasteiger partial charge in [-0.3, -0.25) is 9.59 Å². The molecule has 1 aliphatic heterocycles. The van der Waals surface area contributed by atoms with Crippen LogP contribution < -0.4 is 10.0 Å². The Labute approximate surface area is 197 Å². The van der Waals surface area contributed by atoms with Crippen LogP contribution in [0.2, 0.25) is 0 Å². The molecule has 1 heterocycles. The van der Waals surface area contributed by atoms with Gasteiger partial charge in [0.05, 0.1) is 17.5 Å². The molecule has 0 aromatic heterocycles. The Morgan fingerprint density at radius 2 is 1.76 bits per heavy atom. The first-order chi connectivity index (χ1) is 15.7. The number of carbonyl (C=O) groups is 2. The van der Waals surface area contributed by atoms with Crippen LogP contribution in [0.25, 0.3) is 0 Å². The lowest BCUT2D eigenvalue weighted by Crippen LogP contribution is -2.57. The van der Waals surface area contributed by atoms with Gasteiger partial charge in [-0.1, -0.05) is 44.4 Å². The number of nitrogens with zero attached hydrogens (tertiary/aromatic N) is 1. The molecule has 1 aromatic carbocycles. The molecule has 2 amide bonds. The lowest BCUT2D eigenvalue weighted by molar-refractivity contribution is -0.143. The second-order valence-corrected chi connectivity index (χ2v) is 11.3. The molecule has 0 bridgehead atoms. The SMILES string of the molecule is Cc1ccc(S(=O)(=O)NCC(=O)N(C[C@H]2CCCO2)[C@@H](C(=O)NC2CCCC2)C(C)C)cc1. The Hall–Kier alpha value is -1.97. The van der Waals surface area contributed by atoms with Gasteiger partial charge in [0, 0.05) is 19.2 Å². The summed E-state index contributed by atoms with van der Waals surface area (Å²) in [4.78, 5) is 28.2. The van der Waals surface area contributed by atoms with E-state index in [1.165, 1.54) is 17.0 Å². The van der Waals surface area contributed by atoms with E-state index < -0.39 is 28.5 Å². The molecule has 1 aliphatic carbocycles. The highest BCUT2D eigenvalue weighted by Gasteiger charge is 2.36. The predicted octanol–water partition coefficient (Wildman–Crippen LogP) is 2.36. The van der Waals surface area contributed by atoms with E-state index in [2.05, 4.69) is 10.0 Å². The molecule has 1 aromatic rings. The van der Waals surface area contributed by atoms with Gasteiger partial charge in [-0.05, 0) is 50.7 Å². The van der Waals surface area contributed by atoms with E-state index in [4.69, 9.17) is 4.74 Å². The van der Waals surface area contributed by atoms with Crippen LogP contribution in [0.3, 0.4) is 0 Å². The minimum absolute atomic E-state index is 0.103. The number of carbonyl (C=O) groups excluding carboxylic acids is 2. The van der Waals surface area contributed by atoms with Gasteiger partial charge in [0.15, 0.2) is 0 Å². The number of rotatable bonds is 10. The van der Waals surface area contributed by atoms with Crippen molar-refractivity contribution in [3.63, 3.8) is 0 Å². The molecule has 0 spiro atoms. The van der Waals surface area contributed by atoms with Gasteiger partial charge in [0.25, 0.3) is 0 Å². The molecule has 0 unspecified atom stereocenters. The van der Waals surface area contributed by atoms with Crippen molar-refractivity contribution in [2.75, 3.05) is 19.7 Å². The highest BCUT2D eigenvalue weighted by molar-refractivity contribution is 7.89. The maximum absolute atomic E-state index is 13.3. The average Bonchev–Trinajstić information content (AvgIpc) is 3.46. The summed E-state index contributed by atoms with van der Waals surface area (Å²) in [6.07, 6.45) is 5.66. The molecule has 9 heteroatoms. The zero-order valence-corrected chi connectivity index (χ0v) is 20.7. The van der Waals surface area contributed by atoms with Crippen LogP contribution in [-0.4, -0.2) is 63.0 Å².